The largest absolute Gasteiger partial charge is 0.341 e. The molecule has 0 atom stereocenters. The number of halogens is 2. The fourth-order valence-corrected chi connectivity index (χ4v) is 3.19. The lowest BCUT2D eigenvalue weighted by Gasteiger charge is -2.17. The molecule has 0 saturated carbocycles. The van der Waals surface area contributed by atoms with Gasteiger partial charge in [-0.1, -0.05) is 36.0 Å². The summed E-state index contributed by atoms with van der Waals surface area (Å²) in [5.41, 5.74) is 1.06. The molecular formula is C18H17F2N5OS. The lowest BCUT2D eigenvalue weighted by molar-refractivity contribution is -0.127. The van der Waals surface area contributed by atoms with Gasteiger partial charge in [-0.3, -0.25) is 4.79 Å². The molecule has 0 saturated heterocycles. The van der Waals surface area contributed by atoms with Crippen LogP contribution in [0, 0.1) is 11.6 Å². The maximum Gasteiger partial charge on any atom is 0.233 e. The van der Waals surface area contributed by atoms with Gasteiger partial charge in [-0.05, 0) is 29.8 Å². The van der Waals surface area contributed by atoms with E-state index in [0.29, 0.717) is 11.7 Å². The van der Waals surface area contributed by atoms with E-state index in [-0.39, 0.29) is 28.9 Å². The van der Waals surface area contributed by atoms with Crippen molar-refractivity contribution in [2.24, 2.45) is 0 Å². The number of aromatic nitrogens is 3. The van der Waals surface area contributed by atoms with Crippen LogP contribution in [0.2, 0.25) is 0 Å². The molecule has 0 aliphatic heterocycles. The van der Waals surface area contributed by atoms with Crippen molar-refractivity contribution in [3.8, 4) is 11.4 Å². The highest BCUT2D eigenvalue weighted by atomic mass is 32.2. The van der Waals surface area contributed by atoms with Crippen LogP contribution in [0.3, 0.4) is 0 Å². The number of carbonyl (C=O) groups excluding carboxylic acids is 1. The third-order valence-electron chi connectivity index (χ3n) is 3.86. The van der Waals surface area contributed by atoms with E-state index in [1.54, 1.807) is 37.4 Å². The molecular weight excluding hydrogens is 372 g/mol. The first-order valence-electron chi connectivity index (χ1n) is 8.02. The SMILES string of the molecule is CN(Cc1ccc(F)cc1)C(=O)CSc1nnc(-c2ccccc2F)n1N. The zero-order valence-corrected chi connectivity index (χ0v) is 15.3. The van der Waals surface area contributed by atoms with Gasteiger partial charge in [-0.25, -0.2) is 13.5 Å². The molecule has 0 aliphatic rings. The number of rotatable bonds is 6. The Bertz CT molecular complexity index is 945. The molecule has 2 N–H and O–H groups in total. The molecule has 3 aromatic rings. The summed E-state index contributed by atoms with van der Waals surface area (Å²) in [6.45, 7) is 0.357. The zero-order chi connectivity index (χ0) is 19.4. The Morgan fingerprint density at radius 2 is 1.85 bits per heavy atom. The maximum absolute atomic E-state index is 13.9. The van der Waals surface area contributed by atoms with Crippen LogP contribution in [0.25, 0.3) is 11.4 Å². The first kappa shape index (κ1) is 18.8. The second kappa shape index (κ2) is 8.17. The lowest BCUT2D eigenvalue weighted by atomic mass is 10.2. The monoisotopic (exact) mass is 389 g/mol. The van der Waals surface area contributed by atoms with Gasteiger partial charge in [0.15, 0.2) is 5.82 Å². The standard InChI is InChI=1S/C18H17F2N5OS/c1-24(10-12-6-8-13(19)9-7-12)16(26)11-27-18-23-22-17(25(18)21)14-4-2-3-5-15(14)20/h2-9H,10-11,21H2,1H3. The Hall–Kier alpha value is -2.94. The first-order valence-corrected chi connectivity index (χ1v) is 9.01. The topological polar surface area (TPSA) is 77.0 Å². The average Bonchev–Trinajstić information content (AvgIpc) is 3.02. The van der Waals surface area contributed by atoms with Crippen LogP contribution in [0.15, 0.2) is 53.7 Å². The smallest absolute Gasteiger partial charge is 0.233 e. The summed E-state index contributed by atoms with van der Waals surface area (Å²) >= 11 is 1.11. The quantitative estimate of drug-likeness (QED) is 0.518. The molecule has 9 heteroatoms. The number of hydrogen-bond acceptors (Lipinski definition) is 5. The van der Waals surface area contributed by atoms with Crippen LogP contribution in [-0.4, -0.2) is 38.5 Å². The van der Waals surface area contributed by atoms with E-state index < -0.39 is 5.82 Å². The van der Waals surface area contributed by atoms with Gasteiger partial charge in [-0.15, -0.1) is 10.2 Å². The lowest BCUT2D eigenvalue weighted by Crippen LogP contribution is -2.28. The van der Waals surface area contributed by atoms with E-state index >= 15 is 0 Å². The molecule has 0 unspecified atom stereocenters. The van der Waals surface area contributed by atoms with Crippen LogP contribution in [0.4, 0.5) is 8.78 Å². The number of hydrogen-bond donors (Lipinski definition) is 1. The summed E-state index contributed by atoms with van der Waals surface area (Å²) < 4.78 is 28.0. The predicted molar refractivity (Wildman–Crippen MR) is 99.2 cm³/mol. The number of nitrogens with zero attached hydrogens (tertiary/aromatic N) is 4. The zero-order valence-electron chi connectivity index (χ0n) is 14.5. The molecule has 2 aromatic carbocycles. The van der Waals surface area contributed by atoms with Gasteiger partial charge >= 0.3 is 0 Å². The third kappa shape index (κ3) is 4.43. The minimum absolute atomic E-state index is 0.0876. The Balaban J connectivity index is 1.62. The number of nitrogen functional groups attached to an aromatic ring is 1. The summed E-state index contributed by atoms with van der Waals surface area (Å²) in [7, 11) is 1.66. The van der Waals surface area contributed by atoms with Gasteiger partial charge in [0.25, 0.3) is 0 Å². The van der Waals surface area contributed by atoms with Crippen LogP contribution in [0.1, 0.15) is 5.56 Å². The second-order valence-corrected chi connectivity index (χ2v) is 6.76. The molecule has 0 aliphatic carbocycles. The summed E-state index contributed by atoms with van der Waals surface area (Å²) in [4.78, 5) is 13.8. The molecule has 1 heterocycles. The van der Waals surface area contributed by atoms with Crippen molar-refractivity contribution in [2.75, 3.05) is 18.6 Å². The van der Waals surface area contributed by atoms with Crippen molar-refractivity contribution in [3.63, 3.8) is 0 Å². The second-order valence-electron chi connectivity index (χ2n) is 5.82. The summed E-state index contributed by atoms with van der Waals surface area (Å²) in [5.74, 6) is 5.29. The van der Waals surface area contributed by atoms with Crippen molar-refractivity contribution >= 4 is 17.7 Å². The minimum atomic E-state index is -0.455. The molecule has 6 nitrogen and oxygen atoms in total. The van der Waals surface area contributed by atoms with E-state index in [0.717, 1.165) is 22.0 Å². The maximum atomic E-state index is 13.9. The predicted octanol–water partition coefficient (Wildman–Crippen LogP) is 2.69. The van der Waals surface area contributed by atoms with Gasteiger partial charge < -0.3 is 10.7 Å². The molecule has 0 fully saturated rings. The highest BCUT2D eigenvalue weighted by Crippen LogP contribution is 2.23. The Kier molecular flexibility index (Phi) is 5.70. The van der Waals surface area contributed by atoms with Crippen LogP contribution in [-0.2, 0) is 11.3 Å². The third-order valence-corrected chi connectivity index (χ3v) is 4.79. The van der Waals surface area contributed by atoms with Crippen molar-refractivity contribution in [1.29, 1.82) is 0 Å². The molecule has 1 amide bonds. The van der Waals surface area contributed by atoms with E-state index in [1.807, 2.05) is 0 Å². The number of benzene rings is 2. The normalized spacial score (nSPS) is 10.8. The van der Waals surface area contributed by atoms with Crippen molar-refractivity contribution in [3.05, 3.63) is 65.7 Å². The van der Waals surface area contributed by atoms with Crippen molar-refractivity contribution in [1.82, 2.24) is 19.8 Å². The van der Waals surface area contributed by atoms with Gasteiger partial charge in [0, 0.05) is 13.6 Å². The highest BCUT2D eigenvalue weighted by Gasteiger charge is 2.17. The fraction of sp³-hybridized carbons (Fsp3) is 0.167. The van der Waals surface area contributed by atoms with E-state index in [2.05, 4.69) is 10.2 Å². The number of thioether (sulfide) groups is 1. The first-order chi connectivity index (χ1) is 13.0. The van der Waals surface area contributed by atoms with Crippen molar-refractivity contribution in [2.45, 2.75) is 11.7 Å². The number of amides is 1. The minimum Gasteiger partial charge on any atom is -0.341 e. The summed E-state index contributed by atoms with van der Waals surface area (Å²) in [5, 5.41) is 8.14. The molecule has 0 bridgehead atoms. The Labute approximate surface area is 159 Å². The van der Waals surface area contributed by atoms with Gasteiger partial charge in [0.2, 0.25) is 11.1 Å². The van der Waals surface area contributed by atoms with E-state index in [9.17, 15) is 13.6 Å². The highest BCUT2D eigenvalue weighted by molar-refractivity contribution is 7.99. The van der Waals surface area contributed by atoms with Crippen LogP contribution >= 0.6 is 11.8 Å². The molecule has 0 radical (unpaired) electrons. The average molecular weight is 389 g/mol. The van der Waals surface area contributed by atoms with Crippen LogP contribution < -0.4 is 5.84 Å². The number of carbonyl (C=O) groups is 1. The van der Waals surface area contributed by atoms with E-state index in [4.69, 9.17) is 5.84 Å². The van der Waals surface area contributed by atoms with Gasteiger partial charge in [0.05, 0.1) is 11.3 Å². The number of nitrogens with two attached hydrogens (primary N) is 1. The molecule has 0 spiro atoms. The molecule has 3 rings (SSSR count). The Morgan fingerprint density at radius 3 is 2.56 bits per heavy atom. The molecule has 27 heavy (non-hydrogen) atoms. The summed E-state index contributed by atoms with van der Waals surface area (Å²) in [6, 6.07) is 12.1. The molecule has 1 aromatic heterocycles. The van der Waals surface area contributed by atoms with E-state index in [1.165, 1.54) is 23.1 Å². The van der Waals surface area contributed by atoms with Crippen LogP contribution in [0.5, 0.6) is 0 Å². The van der Waals surface area contributed by atoms with Gasteiger partial charge in [-0.2, -0.15) is 0 Å². The summed E-state index contributed by atoms with van der Waals surface area (Å²) in [6.07, 6.45) is 0. The Morgan fingerprint density at radius 1 is 1.15 bits per heavy atom. The fourth-order valence-electron chi connectivity index (χ4n) is 2.39. The molecule has 140 valence electrons. The van der Waals surface area contributed by atoms with Crippen molar-refractivity contribution < 1.29 is 13.6 Å². The van der Waals surface area contributed by atoms with Gasteiger partial charge in [0.1, 0.15) is 11.6 Å².